The van der Waals surface area contributed by atoms with Gasteiger partial charge in [0.15, 0.2) is 0 Å². The van der Waals surface area contributed by atoms with Crippen molar-refractivity contribution < 1.29 is 9.47 Å². The van der Waals surface area contributed by atoms with Gasteiger partial charge < -0.3 is 9.47 Å². The van der Waals surface area contributed by atoms with Crippen LogP contribution in [-0.4, -0.2) is 14.2 Å². The number of hydrogen-bond donors (Lipinski definition) is 0. The van der Waals surface area contributed by atoms with E-state index in [1.54, 1.807) is 14.2 Å². The van der Waals surface area contributed by atoms with Crippen LogP contribution in [-0.2, 0) is 20.7 Å². The molecule has 2 nitrogen and oxygen atoms in total. The molecule has 1 aromatic carbocycles. The molecule has 16 heavy (non-hydrogen) atoms. The Morgan fingerprint density at radius 1 is 0.750 bits per heavy atom. The van der Waals surface area contributed by atoms with Gasteiger partial charge in [-0.3, -0.25) is 0 Å². The third-order valence-electron chi connectivity index (χ3n) is 3.24. The topological polar surface area (TPSA) is 18.5 Å². The minimum Gasteiger partial charge on any atom is -0.374 e. The van der Waals surface area contributed by atoms with Crippen LogP contribution in [0, 0.1) is 0 Å². The van der Waals surface area contributed by atoms with Crippen LogP contribution in [0.4, 0.5) is 0 Å². The molecule has 1 rings (SSSR count). The minimum atomic E-state index is -0.299. The molecule has 0 amide bonds. The zero-order chi connectivity index (χ0) is 12.4. The molecular formula is C14H22O2. The fraction of sp³-hybridized carbons (Fsp3) is 0.571. The first-order chi connectivity index (χ1) is 7.35. The van der Waals surface area contributed by atoms with E-state index in [0.717, 1.165) is 0 Å². The van der Waals surface area contributed by atoms with Crippen molar-refractivity contribution in [1.82, 2.24) is 0 Å². The summed E-state index contributed by atoms with van der Waals surface area (Å²) in [5, 5.41) is 0. The predicted octanol–water partition coefficient (Wildman–Crippen LogP) is 3.45. The number of rotatable bonds is 4. The first kappa shape index (κ1) is 13.2. The number of benzene rings is 1. The van der Waals surface area contributed by atoms with Crippen LogP contribution >= 0.6 is 0 Å². The molecule has 0 bridgehead atoms. The molecule has 0 aromatic heterocycles. The molecule has 0 heterocycles. The van der Waals surface area contributed by atoms with Gasteiger partial charge in [-0.1, -0.05) is 24.3 Å². The summed E-state index contributed by atoms with van der Waals surface area (Å²) in [7, 11) is 3.47. The lowest BCUT2D eigenvalue weighted by atomic mass is 9.85. The van der Waals surface area contributed by atoms with Crippen molar-refractivity contribution in [2.24, 2.45) is 0 Å². The van der Waals surface area contributed by atoms with Crippen molar-refractivity contribution in [2.75, 3.05) is 14.2 Å². The van der Waals surface area contributed by atoms with Crippen molar-refractivity contribution in [1.29, 1.82) is 0 Å². The standard InChI is InChI=1S/C14H22O2/c1-13(2,15-5)11-9-7-8-10-12(11)14(3,4)16-6/h7-10H,1-6H3. The van der Waals surface area contributed by atoms with Crippen LogP contribution in [0.15, 0.2) is 24.3 Å². The zero-order valence-corrected chi connectivity index (χ0v) is 11.1. The Hall–Kier alpha value is -0.860. The quantitative estimate of drug-likeness (QED) is 0.777. The molecule has 0 saturated carbocycles. The fourth-order valence-corrected chi connectivity index (χ4v) is 1.75. The Bertz CT molecular complexity index is 319. The van der Waals surface area contributed by atoms with Gasteiger partial charge in [-0.15, -0.1) is 0 Å². The SMILES string of the molecule is COC(C)(C)c1ccccc1C(C)(C)OC. The summed E-state index contributed by atoms with van der Waals surface area (Å²) in [6.07, 6.45) is 0. The summed E-state index contributed by atoms with van der Waals surface area (Å²) in [4.78, 5) is 0. The van der Waals surface area contributed by atoms with Gasteiger partial charge in [0.1, 0.15) is 0 Å². The van der Waals surface area contributed by atoms with Crippen molar-refractivity contribution in [3.05, 3.63) is 35.4 Å². The van der Waals surface area contributed by atoms with E-state index in [0.29, 0.717) is 0 Å². The summed E-state index contributed by atoms with van der Waals surface area (Å²) in [6.45, 7) is 8.27. The monoisotopic (exact) mass is 222 g/mol. The normalized spacial score (nSPS) is 12.9. The van der Waals surface area contributed by atoms with Gasteiger partial charge in [0.25, 0.3) is 0 Å². The molecule has 0 spiro atoms. The van der Waals surface area contributed by atoms with E-state index < -0.39 is 0 Å². The molecule has 0 aliphatic heterocycles. The van der Waals surface area contributed by atoms with E-state index in [-0.39, 0.29) is 11.2 Å². The van der Waals surface area contributed by atoms with Gasteiger partial charge in [0.2, 0.25) is 0 Å². The van der Waals surface area contributed by atoms with Crippen LogP contribution in [0.3, 0.4) is 0 Å². The molecule has 0 fully saturated rings. The second-order valence-corrected chi connectivity index (χ2v) is 4.97. The maximum atomic E-state index is 5.55. The first-order valence-corrected chi connectivity index (χ1v) is 5.55. The maximum absolute atomic E-state index is 5.55. The van der Waals surface area contributed by atoms with Gasteiger partial charge in [-0.25, -0.2) is 0 Å². The van der Waals surface area contributed by atoms with Gasteiger partial charge in [-0.05, 0) is 38.8 Å². The summed E-state index contributed by atoms with van der Waals surface area (Å²) in [6, 6.07) is 8.26. The molecule has 0 aliphatic carbocycles. The number of methoxy groups -OCH3 is 2. The van der Waals surface area contributed by atoms with Crippen LogP contribution in [0.5, 0.6) is 0 Å². The lowest BCUT2D eigenvalue weighted by molar-refractivity contribution is -0.00251. The van der Waals surface area contributed by atoms with E-state index in [1.165, 1.54) is 11.1 Å². The van der Waals surface area contributed by atoms with Gasteiger partial charge in [0, 0.05) is 14.2 Å². The predicted molar refractivity (Wildman–Crippen MR) is 66.5 cm³/mol. The highest BCUT2D eigenvalue weighted by atomic mass is 16.5. The average Bonchev–Trinajstić information content (AvgIpc) is 2.29. The second kappa shape index (κ2) is 4.56. The fourth-order valence-electron chi connectivity index (χ4n) is 1.75. The Morgan fingerprint density at radius 2 is 1.06 bits per heavy atom. The lowest BCUT2D eigenvalue weighted by Gasteiger charge is -2.32. The third kappa shape index (κ3) is 2.45. The van der Waals surface area contributed by atoms with E-state index in [2.05, 4.69) is 39.8 Å². The van der Waals surface area contributed by atoms with E-state index in [1.807, 2.05) is 12.1 Å². The summed E-state index contributed by atoms with van der Waals surface area (Å²) >= 11 is 0. The molecule has 0 aliphatic rings. The summed E-state index contributed by atoms with van der Waals surface area (Å²) in [5.74, 6) is 0. The maximum Gasteiger partial charge on any atom is 0.0875 e. The second-order valence-electron chi connectivity index (χ2n) is 4.97. The highest BCUT2D eigenvalue weighted by Crippen LogP contribution is 2.34. The largest absolute Gasteiger partial charge is 0.374 e. The Balaban J connectivity index is 3.31. The van der Waals surface area contributed by atoms with Gasteiger partial charge >= 0.3 is 0 Å². The van der Waals surface area contributed by atoms with Crippen LogP contribution in [0.25, 0.3) is 0 Å². The van der Waals surface area contributed by atoms with E-state index >= 15 is 0 Å². The first-order valence-electron chi connectivity index (χ1n) is 5.55. The molecule has 0 unspecified atom stereocenters. The summed E-state index contributed by atoms with van der Waals surface area (Å²) < 4.78 is 11.1. The minimum absolute atomic E-state index is 0.299. The van der Waals surface area contributed by atoms with Crippen LogP contribution in [0.2, 0.25) is 0 Å². The molecular weight excluding hydrogens is 200 g/mol. The Kier molecular flexibility index (Phi) is 3.76. The molecule has 0 radical (unpaired) electrons. The zero-order valence-electron chi connectivity index (χ0n) is 11.1. The summed E-state index contributed by atoms with van der Waals surface area (Å²) in [5.41, 5.74) is 1.74. The molecule has 1 aromatic rings. The van der Waals surface area contributed by atoms with Crippen molar-refractivity contribution >= 4 is 0 Å². The Labute approximate surface area is 98.6 Å². The molecule has 0 N–H and O–H groups in total. The molecule has 90 valence electrons. The van der Waals surface area contributed by atoms with Crippen LogP contribution in [0.1, 0.15) is 38.8 Å². The lowest BCUT2D eigenvalue weighted by Crippen LogP contribution is -2.28. The molecule has 2 heteroatoms. The van der Waals surface area contributed by atoms with Gasteiger partial charge in [0.05, 0.1) is 11.2 Å². The van der Waals surface area contributed by atoms with E-state index in [4.69, 9.17) is 9.47 Å². The highest BCUT2D eigenvalue weighted by molar-refractivity contribution is 5.35. The third-order valence-corrected chi connectivity index (χ3v) is 3.24. The molecule has 0 atom stereocenters. The number of hydrogen-bond acceptors (Lipinski definition) is 2. The highest BCUT2D eigenvalue weighted by Gasteiger charge is 2.29. The van der Waals surface area contributed by atoms with Crippen LogP contribution < -0.4 is 0 Å². The average molecular weight is 222 g/mol. The van der Waals surface area contributed by atoms with Crippen molar-refractivity contribution in [2.45, 2.75) is 38.9 Å². The number of ether oxygens (including phenoxy) is 2. The van der Waals surface area contributed by atoms with Crippen molar-refractivity contribution in [3.63, 3.8) is 0 Å². The smallest absolute Gasteiger partial charge is 0.0875 e. The Morgan fingerprint density at radius 3 is 1.31 bits per heavy atom. The van der Waals surface area contributed by atoms with Crippen molar-refractivity contribution in [3.8, 4) is 0 Å². The molecule has 0 saturated heterocycles. The van der Waals surface area contributed by atoms with E-state index in [9.17, 15) is 0 Å². The van der Waals surface area contributed by atoms with Gasteiger partial charge in [-0.2, -0.15) is 0 Å².